The van der Waals surface area contributed by atoms with Gasteiger partial charge in [0.1, 0.15) is 0 Å². The molecular weight excluding hydrogens is 186 g/mol. The summed E-state index contributed by atoms with van der Waals surface area (Å²) in [4.78, 5) is 0. The molecule has 0 heterocycles. The van der Waals surface area contributed by atoms with Crippen molar-refractivity contribution in [1.29, 1.82) is 5.26 Å². The highest BCUT2D eigenvalue weighted by atomic mass is 14.9. The Balaban J connectivity index is 2.76. The summed E-state index contributed by atoms with van der Waals surface area (Å²) >= 11 is 0. The van der Waals surface area contributed by atoms with Crippen LogP contribution in [0.1, 0.15) is 26.3 Å². The third-order valence-corrected chi connectivity index (χ3v) is 1.99. The van der Waals surface area contributed by atoms with E-state index in [-0.39, 0.29) is 5.41 Å². The van der Waals surface area contributed by atoms with Gasteiger partial charge in [0.15, 0.2) is 0 Å². The molecule has 0 radical (unpaired) electrons. The van der Waals surface area contributed by atoms with E-state index in [9.17, 15) is 0 Å². The Morgan fingerprint density at radius 3 is 2.53 bits per heavy atom. The average Bonchev–Trinajstić information content (AvgIpc) is 2.14. The molecule has 3 N–H and O–H groups in total. The number of nitriles is 1. The van der Waals surface area contributed by atoms with Crippen molar-refractivity contribution < 1.29 is 0 Å². The maximum Gasteiger partial charge on any atom is 0.0992 e. The minimum Gasteiger partial charge on any atom is -0.397 e. The molecule has 0 aliphatic rings. The first kappa shape index (κ1) is 11.4. The zero-order valence-electron chi connectivity index (χ0n) is 9.46. The quantitative estimate of drug-likeness (QED) is 0.726. The molecule has 0 aliphatic heterocycles. The topological polar surface area (TPSA) is 61.8 Å². The van der Waals surface area contributed by atoms with E-state index in [4.69, 9.17) is 11.0 Å². The van der Waals surface area contributed by atoms with Gasteiger partial charge in [0.25, 0.3) is 0 Å². The van der Waals surface area contributed by atoms with Crippen LogP contribution in [-0.4, -0.2) is 6.54 Å². The van der Waals surface area contributed by atoms with E-state index in [2.05, 4.69) is 32.2 Å². The van der Waals surface area contributed by atoms with Crippen LogP contribution in [0.15, 0.2) is 18.2 Å². The van der Waals surface area contributed by atoms with Crippen LogP contribution in [0.25, 0.3) is 0 Å². The molecule has 0 amide bonds. The SMILES string of the molecule is CC(C)(C)CNc1ccc(C#N)cc1N. The number of nitrogens with zero attached hydrogens (tertiary/aromatic N) is 1. The number of hydrogen-bond acceptors (Lipinski definition) is 3. The predicted molar refractivity (Wildman–Crippen MR) is 63.5 cm³/mol. The molecule has 0 fully saturated rings. The van der Waals surface area contributed by atoms with Crippen LogP contribution >= 0.6 is 0 Å². The largest absolute Gasteiger partial charge is 0.397 e. The Hall–Kier alpha value is -1.69. The minimum atomic E-state index is 0.209. The van der Waals surface area contributed by atoms with Gasteiger partial charge in [-0.15, -0.1) is 0 Å². The number of nitrogen functional groups attached to an aromatic ring is 1. The van der Waals surface area contributed by atoms with Gasteiger partial charge in [-0.1, -0.05) is 20.8 Å². The van der Waals surface area contributed by atoms with Gasteiger partial charge in [0, 0.05) is 6.54 Å². The fourth-order valence-corrected chi connectivity index (χ4v) is 1.15. The van der Waals surface area contributed by atoms with Gasteiger partial charge < -0.3 is 11.1 Å². The number of anilines is 2. The van der Waals surface area contributed by atoms with Gasteiger partial charge in [-0.05, 0) is 23.6 Å². The molecule has 0 aromatic heterocycles. The van der Waals surface area contributed by atoms with Crippen LogP contribution < -0.4 is 11.1 Å². The van der Waals surface area contributed by atoms with E-state index in [1.807, 2.05) is 6.07 Å². The number of benzene rings is 1. The lowest BCUT2D eigenvalue weighted by Crippen LogP contribution is -2.19. The van der Waals surface area contributed by atoms with Crippen molar-refractivity contribution in [2.75, 3.05) is 17.6 Å². The maximum atomic E-state index is 8.69. The van der Waals surface area contributed by atoms with E-state index in [1.54, 1.807) is 12.1 Å². The molecule has 1 aromatic carbocycles. The van der Waals surface area contributed by atoms with Crippen molar-refractivity contribution in [3.63, 3.8) is 0 Å². The van der Waals surface area contributed by atoms with Crippen LogP contribution in [-0.2, 0) is 0 Å². The van der Waals surface area contributed by atoms with Gasteiger partial charge >= 0.3 is 0 Å². The van der Waals surface area contributed by atoms with Crippen LogP contribution in [0.5, 0.6) is 0 Å². The molecule has 15 heavy (non-hydrogen) atoms. The molecule has 0 saturated heterocycles. The van der Waals surface area contributed by atoms with Crippen molar-refractivity contribution in [2.24, 2.45) is 5.41 Å². The summed E-state index contributed by atoms with van der Waals surface area (Å²) in [5, 5.41) is 12.0. The Kier molecular flexibility index (Phi) is 3.21. The maximum absolute atomic E-state index is 8.69. The molecule has 3 nitrogen and oxygen atoms in total. The smallest absolute Gasteiger partial charge is 0.0992 e. The molecule has 0 saturated carbocycles. The van der Waals surface area contributed by atoms with Gasteiger partial charge in [0.2, 0.25) is 0 Å². The number of hydrogen-bond donors (Lipinski definition) is 2. The van der Waals surface area contributed by atoms with Crippen molar-refractivity contribution in [3.05, 3.63) is 23.8 Å². The molecule has 0 spiro atoms. The third kappa shape index (κ3) is 3.51. The van der Waals surface area contributed by atoms with Crippen LogP contribution in [0.3, 0.4) is 0 Å². The molecule has 1 rings (SSSR count). The van der Waals surface area contributed by atoms with E-state index in [0.717, 1.165) is 12.2 Å². The summed E-state index contributed by atoms with van der Waals surface area (Å²) in [5.41, 5.74) is 8.13. The summed E-state index contributed by atoms with van der Waals surface area (Å²) in [6.07, 6.45) is 0. The Morgan fingerprint density at radius 2 is 2.07 bits per heavy atom. The number of nitrogens with two attached hydrogens (primary N) is 1. The lowest BCUT2D eigenvalue weighted by atomic mass is 9.97. The number of rotatable bonds is 2. The van der Waals surface area contributed by atoms with Gasteiger partial charge in [-0.3, -0.25) is 0 Å². The summed E-state index contributed by atoms with van der Waals surface area (Å²) in [6, 6.07) is 7.36. The van der Waals surface area contributed by atoms with Gasteiger partial charge in [-0.25, -0.2) is 0 Å². The summed E-state index contributed by atoms with van der Waals surface area (Å²) in [6.45, 7) is 7.31. The van der Waals surface area contributed by atoms with Crippen molar-refractivity contribution in [1.82, 2.24) is 0 Å². The highest BCUT2D eigenvalue weighted by Gasteiger charge is 2.10. The molecule has 80 valence electrons. The first-order valence-electron chi connectivity index (χ1n) is 4.96. The van der Waals surface area contributed by atoms with Crippen LogP contribution in [0.2, 0.25) is 0 Å². The Morgan fingerprint density at radius 1 is 1.40 bits per heavy atom. The first-order chi connectivity index (χ1) is 6.92. The highest BCUT2D eigenvalue weighted by Crippen LogP contribution is 2.22. The first-order valence-corrected chi connectivity index (χ1v) is 4.96. The minimum absolute atomic E-state index is 0.209. The van der Waals surface area contributed by atoms with Gasteiger partial charge in [0.05, 0.1) is 23.0 Å². The highest BCUT2D eigenvalue weighted by molar-refractivity contribution is 5.68. The van der Waals surface area contributed by atoms with E-state index < -0.39 is 0 Å². The Labute approximate surface area is 90.9 Å². The van der Waals surface area contributed by atoms with Crippen LogP contribution in [0, 0.1) is 16.7 Å². The molecular formula is C12H17N3. The molecule has 0 aliphatic carbocycles. The fraction of sp³-hybridized carbons (Fsp3) is 0.417. The lowest BCUT2D eigenvalue weighted by Gasteiger charge is -2.20. The van der Waals surface area contributed by atoms with E-state index >= 15 is 0 Å². The monoisotopic (exact) mass is 203 g/mol. The van der Waals surface area contributed by atoms with E-state index in [1.165, 1.54) is 0 Å². The Bertz CT molecular complexity index is 383. The molecule has 3 heteroatoms. The second-order valence-corrected chi connectivity index (χ2v) is 4.83. The molecule has 1 aromatic rings. The lowest BCUT2D eigenvalue weighted by molar-refractivity contribution is 0.443. The molecule has 0 atom stereocenters. The standard InChI is InChI=1S/C12H17N3/c1-12(2,3)8-15-11-5-4-9(7-13)6-10(11)14/h4-6,15H,8,14H2,1-3H3. The van der Waals surface area contributed by atoms with Crippen LogP contribution in [0.4, 0.5) is 11.4 Å². The second kappa shape index (κ2) is 4.22. The summed E-state index contributed by atoms with van der Waals surface area (Å²) in [5.74, 6) is 0. The summed E-state index contributed by atoms with van der Waals surface area (Å²) < 4.78 is 0. The molecule has 0 unspecified atom stereocenters. The second-order valence-electron chi connectivity index (χ2n) is 4.83. The normalized spacial score (nSPS) is 10.8. The molecule has 0 bridgehead atoms. The zero-order valence-corrected chi connectivity index (χ0v) is 9.46. The van der Waals surface area contributed by atoms with Crippen molar-refractivity contribution in [2.45, 2.75) is 20.8 Å². The average molecular weight is 203 g/mol. The van der Waals surface area contributed by atoms with E-state index in [0.29, 0.717) is 11.3 Å². The van der Waals surface area contributed by atoms with Gasteiger partial charge in [-0.2, -0.15) is 5.26 Å². The number of nitrogens with one attached hydrogen (secondary N) is 1. The fourth-order valence-electron chi connectivity index (χ4n) is 1.15. The third-order valence-electron chi connectivity index (χ3n) is 1.99. The predicted octanol–water partition coefficient (Wildman–Crippen LogP) is 2.60. The zero-order chi connectivity index (χ0) is 11.5. The van der Waals surface area contributed by atoms with Crippen molar-refractivity contribution >= 4 is 11.4 Å². The van der Waals surface area contributed by atoms with Crippen molar-refractivity contribution in [3.8, 4) is 6.07 Å². The summed E-state index contributed by atoms with van der Waals surface area (Å²) in [7, 11) is 0.